The van der Waals surface area contributed by atoms with Crippen molar-refractivity contribution in [2.75, 3.05) is 25.1 Å². The third-order valence-electron chi connectivity index (χ3n) is 4.15. The third-order valence-corrected chi connectivity index (χ3v) is 4.43. The first-order chi connectivity index (χ1) is 11.2. The molecule has 3 rings (SSSR count). The van der Waals surface area contributed by atoms with Crippen LogP contribution in [0.3, 0.4) is 0 Å². The Bertz CT molecular complexity index is 731. The average molecular weight is 328 g/mol. The second kappa shape index (κ2) is 6.89. The van der Waals surface area contributed by atoms with Gasteiger partial charge in [0.15, 0.2) is 0 Å². The Labute approximate surface area is 141 Å². The lowest BCUT2D eigenvalue weighted by atomic mass is 10.0. The fourth-order valence-corrected chi connectivity index (χ4v) is 3.12. The lowest BCUT2D eigenvalue weighted by molar-refractivity contribution is 0.415. The Morgan fingerprint density at radius 3 is 2.48 bits per heavy atom. The van der Waals surface area contributed by atoms with Crippen LogP contribution < -0.4 is 9.64 Å². The first-order valence-corrected chi connectivity index (χ1v) is 8.10. The zero-order chi connectivity index (χ0) is 16.2. The molecule has 1 fully saturated rings. The van der Waals surface area contributed by atoms with E-state index in [1.165, 1.54) is 6.42 Å². The van der Waals surface area contributed by atoms with Gasteiger partial charge >= 0.3 is 0 Å². The summed E-state index contributed by atoms with van der Waals surface area (Å²) in [6.07, 6.45) is 3.58. The van der Waals surface area contributed by atoms with E-state index in [0.717, 1.165) is 48.6 Å². The molecule has 0 spiro atoms. The number of ether oxygens (including phenoxy) is 1. The molecule has 0 radical (unpaired) electrons. The number of pyridine rings is 1. The molecule has 1 aliphatic rings. The number of benzene rings is 1. The fraction of sp³-hybridized carbons (Fsp3) is 0.333. The van der Waals surface area contributed by atoms with E-state index >= 15 is 0 Å². The van der Waals surface area contributed by atoms with E-state index in [4.69, 9.17) is 16.3 Å². The number of halogens is 1. The number of piperidine rings is 1. The van der Waals surface area contributed by atoms with Gasteiger partial charge in [-0.2, -0.15) is 5.26 Å². The number of hydrogen-bond acceptors (Lipinski definition) is 4. The highest BCUT2D eigenvalue weighted by atomic mass is 35.5. The van der Waals surface area contributed by atoms with Gasteiger partial charge < -0.3 is 9.64 Å². The summed E-state index contributed by atoms with van der Waals surface area (Å²) in [5.74, 6) is 1.63. The van der Waals surface area contributed by atoms with Crippen LogP contribution in [0, 0.1) is 11.3 Å². The van der Waals surface area contributed by atoms with Crippen molar-refractivity contribution in [1.29, 1.82) is 5.26 Å². The van der Waals surface area contributed by atoms with Crippen LogP contribution in [-0.2, 0) is 0 Å². The summed E-state index contributed by atoms with van der Waals surface area (Å²) in [6.45, 7) is 1.97. The predicted octanol–water partition coefficient (Wildman–Crippen LogP) is 4.27. The Balaban J connectivity index is 2.05. The minimum Gasteiger partial charge on any atom is -0.497 e. The monoisotopic (exact) mass is 327 g/mol. The van der Waals surface area contributed by atoms with E-state index in [1.54, 1.807) is 7.11 Å². The zero-order valence-electron chi connectivity index (χ0n) is 13.1. The SMILES string of the molecule is COc1ccc(-c2cc(N3CCCCC3)nc(Cl)c2C#N)cc1. The van der Waals surface area contributed by atoms with Gasteiger partial charge in [-0.15, -0.1) is 0 Å². The van der Waals surface area contributed by atoms with Gasteiger partial charge in [0, 0.05) is 18.7 Å². The normalized spacial score (nSPS) is 14.4. The second-order valence-corrected chi connectivity index (χ2v) is 5.94. The molecular formula is C18H18ClN3O. The highest BCUT2D eigenvalue weighted by Crippen LogP contribution is 2.33. The van der Waals surface area contributed by atoms with Crippen molar-refractivity contribution in [3.8, 4) is 22.9 Å². The lowest BCUT2D eigenvalue weighted by Gasteiger charge is -2.28. The number of anilines is 1. The van der Waals surface area contributed by atoms with E-state index in [1.807, 2.05) is 30.3 Å². The van der Waals surface area contributed by atoms with Gasteiger partial charge in [0.2, 0.25) is 0 Å². The van der Waals surface area contributed by atoms with Gasteiger partial charge in [-0.05, 0) is 43.0 Å². The minimum atomic E-state index is 0.265. The van der Waals surface area contributed by atoms with E-state index in [2.05, 4.69) is 16.0 Å². The first kappa shape index (κ1) is 15.6. The molecule has 1 aliphatic heterocycles. The first-order valence-electron chi connectivity index (χ1n) is 7.73. The van der Waals surface area contributed by atoms with E-state index in [-0.39, 0.29) is 5.15 Å². The van der Waals surface area contributed by atoms with Gasteiger partial charge in [-0.1, -0.05) is 23.7 Å². The molecule has 4 nitrogen and oxygen atoms in total. The summed E-state index contributed by atoms with van der Waals surface area (Å²) in [4.78, 5) is 6.67. The molecular weight excluding hydrogens is 310 g/mol. The van der Waals surface area contributed by atoms with Crippen molar-refractivity contribution in [3.05, 3.63) is 41.0 Å². The minimum absolute atomic E-state index is 0.265. The number of aromatic nitrogens is 1. The molecule has 1 aromatic heterocycles. The number of rotatable bonds is 3. The Morgan fingerprint density at radius 2 is 1.87 bits per heavy atom. The van der Waals surface area contributed by atoms with Gasteiger partial charge in [0.25, 0.3) is 0 Å². The van der Waals surface area contributed by atoms with Crippen molar-refractivity contribution in [3.63, 3.8) is 0 Å². The molecule has 2 heterocycles. The van der Waals surface area contributed by atoms with E-state index in [9.17, 15) is 5.26 Å². The smallest absolute Gasteiger partial charge is 0.149 e. The molecule has 0 aliphatic carbocycles. The highest BCUT2D eigenvalue weighted by molar-refractivity contribution is 6.31. The number of methoxy groups -OCH3 is 1. The molecule has 23 heavy (non-hydrogen) atoms. The second-order valence-electron chi connectivity index (χ2n) is 5.58. The molecule has 1 saturated heterocycles. The van der Waals surface area contributed by atoms with Crippen LogP contribution in [0.1, 0.15) is 24.8 Å². The van der Waals surface area contributed by atoms with Crippen LogP contribution >= 0.6 is 11.6 Å². The summed E-state index contributed by atoms with van der Waals surface area (Å²) in [5.41, 5.74) is 2.17. The molecule has 118 valence electrons. The Morgan fingerprint density at radius 1 is 1.17 bits per heavy atom. The van der Waals surface area contributed by atoms with Crippen molar-refractivity contribution >= 4 is 17.4 Å². The molecule has 0 unspecified atom stereocenters. The van der Waals surface area contributed by atoms with Gasteiger partial charge in [0.1, 0.15) is 22.8 Å². The number of hydrogen-bond donors (Lipinski definition) is 0. The summed E-state index contributed by atoms with van der Waals surface area (Å²) < 4.78 is 5.19. The summed E-state index contributed by atoms with van der Waals surface area (Å²) >= 11 is 6.28. The lowest BCUT2D eigenvalue weighted by Crippen LogP contribution is -2.30. The summed E-state index contributed by atoms with van der Waals surface area (Å²) in [6, 6.07) is 11.8. The maximum Gasteiger partial charge on any atom is 0.149 e. The van der Waals surface area contributed by atoms with Crippen LogP contribution in [0.4, 0.5) is 5.82 Å². The quantitative estimate of drug-likeness (QED) is 0.790. The molecule has 0 N–H and O–H groups in total. The maximum atomic E-state index is 9.45. The summed E-state index contributed by atoms with van der Waals surface area (Å²) in [5, 5.41) is 9.72. The van der Waals surface area contributed by atoms with Crippen LogP contribution in [0.25, 0.3) is 11.1 Å². The zero-order valence-corrected chi connectivity index (χ0v) is 13.8. The van der Waals surface area contributed by atoms with E-state index < -0.39 is 0 Å². The predicted molar refractivity (Wildman–Crippen MR) is 92.0 cm³/mol. The molecule has 0 amide bonds. The van der Waals surface area contributed by atoms with E-state index in [0.29, 0.717) is 5.56 Å². The number of nitrogens with zero attached hydrogens (tertiary/aromatic N) is 3. The molecule has 0 atom stereocenters. The summed E-state index contributed by atoms with van der Waals surface area (Å²) in [7, 11) is 1.63. The Kier molecular flexibility index (Phi) is 4.68. The van der Waals surface area contributed by atoms with Gasteiger partial charge in [0.05, 0.1) is 12.7 Å². The number of nitriles is 1. The maximum absolute atomic E-state index is 9.45. The van der Waals surface area contributed by atoms with Crippen LogP contribution in [0.15, 0.2) is 30.3 Å². The average Bonchev–Trinajstić information content (AvgIpc) is 2.62. The molecule has 1 aromatic carbocycles. The van der Waals surface area contributed by atoms with Crippen LogP contribution in [0.5, 0.6) is 5.75 Å². The molecule has 5 heteroatoms. The van der Waals surface area contributed by atoms with Crippen molar-refractivity contribution in [2.24, 2.45) is 0 Å². The largest absolute Gasteiger partial charge is 0.497 e. The molecule has 2 aromatic rings. The standard InChI is InChI=1S/C18H18ClN3O/c1-23-14-7-5-13(6-8-14)15-11-17(21-18(19)16(15)12-20)22-9-3-2-4-10-22/h5-8,11H,2-4,9-10H2,1H3. The van der Waals surface area contributed by atoms with Gasteiger partial charge in [-0.25, -0.2) is 4.98 Å². The van der Waals surface area contributed by atoms with Crippen molar-refractivity contribution in [1.82, 2.24) is 4.98 Å². The highest BCUT2D eigenvalue weighted by Gasteiger charge is 2.18. The Hall–Kier alpha value is -2.25. The van der Waals surface area contributed by atoms with Crippen molar-refractivity contribution in [2.45, 2.75) is 19.3 Å². The van der Waals surface area contributed by atoms with Crippen molar-refractivity contribution < 1.29 is 4.74 Å². The molecule has 0 saturated carbocycles. The third kappa shape index (κ3) is 3.25. The van der Waals surface area contributed by atoms with Crippen LogP contribution in [-0.4, -0.2) is 25.2 Å². The fourth-order valence-electron chi connectivity index (χ4n) is 2.89. The van der Waals surface area contributed by atoms with Gasteiger partial charge in [-0.3, -0.25) is 0 Å². The molecule has 0 bridgehead atoms. The topological polar surface area (TPSA) is 49.1 Å². The van der Waals surface area contributed by atoms with Crippen LogP contribution in [0.2, 0.25) is 5.15 Å².